The van der Waals surface area contributed by atoms with E-state index in [0.717, 1.165) is 55.7 Å². The van der Waals surface area contributed by atoms with E-state index in [1.165, 1.54) is 5.56 Å². The van der Waals surface area contributed by atoms with Gasteiger partial charge in [-0.25, -0.2) is 9.67 Å². The Balaban J connectivity index is 1.42. The third-order valence-electron chi connectivity index (χ3n) is 7.90. The van der Waals surface area contributed by atoms with E-state index < -0.39 is 12.6 Å². The van der Waals surface area contributed by atoms with Gasteiger partial charge in [-0.1, -0.05) is 24.3 Å². The van der Waals surface area contributed by atoms with Crippen molar-refractivity contribution >= 4 is 17.0 Å². The second kappa shape index (κ2) is 11.2. The zero-order valence-corrected chi connectivity index (χ0v) is 22.0. The molecule has 1 atom stereocenters. The molecule has 1 aromatic carbocycles. The first-order valence-corrected chi connectivity index (χ1v) is 13.4. The van der Waals surface area contributed by atoms with E-state index in [1.807, 2.05) is 4.68 Å². The number of rotatable bonds is 7. The van der Waals surface area contributed by atoms with Crippen molar-refractivity contribution in [3.8, 4) is 11.3 Å². The van der Waals surface area contributed by atoms with Crippen molar-refractivity contribution in [2.45, 2.75) is 63.4 Å². The summed E-state index contributed by atoms with van der Waals surface area (Å²) in [6.45, 7) is 6.16. The van der Waals surface area contributed by atoms with Crippen LogP contribution in [-0.2, 0) is 0 Å². The SMILES string of the molecule is CC(c1ccc(-c2nn(C3CCC(O)CC3)c3nc(NCCC(F)(F)F)ncc23)cc1)N1CCN(C)CC1. The maximum Gasteiger partial charge on any atom is 0.390 e. The van der Waals surface area contributed by atoms with Gasteiger partial charge in [0.25, 0.3) is 0 Å². The molecule has 11 heteroatoms. The van der Waals surface area contributed by atoms with Crippen LogP contribution in [0.3, 0.4) is 0 Å². The Kier molecular flexibility index (Phi) is 7.88. The molecular formula is C27H36F3N7O. The van der Waals surface area contributed by atoms with Gasteiger partial charge in [0.2, 0.25) is 5.95 Å². The minimum atomic E-state index is -4.25. The number of nitrogens with one attached hydrogen (secondary N) is 1. The number of piperazine rings is 1. The third-order valence-corrected chi connectivity index (χ3v) is 7.90. The average molecular weight is 532 g/mol. The van der Waals surface area contributed by atoms with Crippen LogP contribution in [-0.4, -0.2) is 86.7 Å². The minimum Gasteiger partial charge on any atom is -0.393 e. The molecule has 2 aromatic heterocycles. The topological polar surface area (TPSA) is 82.3 Å². The summed E-state index contributed by atoms with van der Waals surface area (Å²) >= 11 is 0. The summed E-state index contributed by atoms with van der Waals surface area (Å²) in [5.41, 5.74) is 3.54. The van der Waals surface area contributed by atoms with E-state index in [4.69, 9.17) is 5.10 Å². The number of nitrogens with zero attached hydrogens (tertiary/aromatic N) is 6. The van der Waals surface area contributed by atoms with E-state index in [-0.39, 0.29) is 24.6 Å². The van der Waals surface area contributed by atoms with Crippen molar-refractivity contribution in [2.24, 2.45) is 0 Å². The number of anilines is 1. The number of hydrogen-bond donors (Lipinski definition) is 2. The number of fused-ring (bicyclic) bond motifs is 1. The van der Waals surface area contributed by atoms with Gasteiger partial charge in [-0.05, 0) is 45.2 Å². The Morgan fingerprint density at radius 2 is 1.74 bits per heavy atom. The Labute approximate surface area is 220 Å². The smallest absolute Gasteiger partial charge is 0.390 e. The number of benzene rings is 1. The van der Waals surface area contributed by atoms with Crippen molar-refractivity contribution in [1.29, 1.82) is 0 Å². The van der Waals surface area contributed by atoms with E-state index in [0.29, 0.717) is 24.5 Å². The van der Waals surface area contributed by atoms with Gasteiger partial charge in [-0.3, -0.25) is 4.90 Å². The number of halogens is 3. The molecule has 0 spiro atoms. The number of aliphatic hydroxyl groups excluding tert-OH is 1. The van der Waals surface area contributed by atoms with Crippen molar-refractivity contribution in [2.75, 3.05) is 45.1 Å². The number of aromatic nitrogens is 4. The summed E-state index contributed by atoms with van der Waals surface area (Å²) in [6, 6.07) is 8.82. The van der Waals surface area contributed by atoms with Crippen molar-refractivity contribution in [3.63, 3.8) is 0 Å². The summed E-state index contributed by atoms with van der Waals surface area (Å²) < 4.78 is 39.7. The second-order valence-electron chi connectivity index (χ2n) is 10.6. The van der Waals surface area contributed by atoms with Gasteiger partial charge in [0, 0.05) is 50.5 Å². The maximum atomic E-state index is 12.6. The molecule has 206 valence electrons. The minimum absolute atomic E-state index is 0.0594. The van der Waals surface area contributed by atoms with Gasteiger partial charge in [0.15, 0.2) is 5.65 Å². The molecule has 38 heavy (non-hydrogen) atoms. The fourth-order valence-corrected chi connectivity index (χ4v) is 5.43. The van der Waals surface area contributed by atoms with Crippen LogP contribution < -0.4 is 5.32 Å². The lowest BCUT2D eigenvalue weighted by atomic mass is 9.93. The molecule has 0 amide bonds. The van der Waals surface area contributed by atoms with Crippen LogP contribution in [0, 0.1) is 0 Å². The van der Waals surface area contributed by atoms with Crippen LogP contribution in [0.4, 0.5) is 19.1 Å². The summed E-state index contributed by atoms with van der Waals surface area (Å²) in [6.07, 6.45) is -0.975. The summed E-state index contributed by atoms with van der Waals surface area (Å²) in [4.78, 5) is 13.7. The highest BCUT2D eigenvalue weighted by Crippen LogP contribution is 2.35. The van der Waals surface area contributed by atoms with Crippen LogP contribution in [0.5, 0.6) is 0 Å². The fraction of sp³-hybridized carbons (Fsp3) is 0.593. The molecule has 0 radical (unpaired) electrons. The zero-order valence-electron chi connectivity index (χ0n) is 22.0. The van der Waals surface area contributed by atoms with Crippen molar-refractivity contribution < 1.29 is 18.3 Å². The summed E-state index contributed by atoms with van der Waals surface area (Å²) in [7, 11) is 2.15. The molecule has 1 saturated heterocycles. The quantitative estimate of drug-likeness (QED) is 0.460. The Hall–Kier alpha value is -2.76. The van der Waals surface area contributed by atoms with Gasteiger partial charge >= 0.3 is 6.18 Å². The zero-order chi connectivity index (χ0) is 26.9. The normalized spacial score (nSPS) is 22.6. The van der Waals surface area contributed by atoms with E-state index >= 15 is 0 Å². The highest BCUT2D eigenvalue weighted by molar-refractivity contribution is 5.91. The monoisotopic (exact) mass is 531 g/mol. The molecule has 1 aliphatic heterocycles. The number of aliphatic hydroxyl groups is 1. The molecule has 2 fully saturated rings. The van der Waals surface area contributed by atoms with Crippen LogP contribution >= 0.6 is 0 Å². The lowest BCUT2D eigenvalue weighted by molar-refractivity contribution is -0.131. The first-order valence-electron chi connectivity index (χ1n) is 13.4. The highest BCUT2D eigenvalue weighted by atomic mass is 19.4. The predicted octanol–water partition coefficient (Wildman–Crippen LogP) is 4.64. The number of alkyl halides is 3. The number of hydrogen-bond acceptors (Lipinski definition) is 7. The van der Waals surface area contributed by atoms with Gasteiger partial charge in [-0.15, -0.1) is 0 Å². The number of likely N-dealkylation sites (N-methyl/N-ethyl adjacent to an activating group) is 1. The van der Waals surface area contributed by atoms with Gasteiger partial charge < -0.3 is 15.3 Å². The van der Waals surface area contributed by atoms with E-state index in [1.54, 1.807) is 6.20 Å². The highest BCUT2D eigenvalue weighted by Gasteiger charge is 2.28. The van der Waals surface area contributed by atoms with Crippen LogP contribution in [0.1, 0.15) is 56.7 Å². The molecular weight excluding hydrogens is 495 g/mol. The largest absolute Gasteiger partial charge is 0.393 e. The Morgan fingerprint density at radius 1 is 1.05 bits per heavy atom. The fourth-order valence-electron chi connectivity index (χ4n) is 5.43. The molecule has 2 N–H and O–H groups in total. The van der Waals surface area contributed by atoms with Gasteiger partial charge in [0.1, 0.15) is 5.69 Å². The first kappa shape index (κ1) is 26.8. The molecule has 3 aromatic rings. The predicted molar refractivity (Wildman–Crippen MR) is 141 cm³/mol. The molecule has 8 nitrogen and oxygen atoms in total. The lowest BCUT2D eigenvalue weighted by Gasteiger charge is -2.36. The van der Waals surface area contributed by atoms with Crippen LogP contribution in [0.25, 0.3) is 22.3 Å². The lowest BCUT2D eigenvalue weighted by Crippen LogP contribution is -2.45. The van der Waals surface area contributed by atoms with E-state index in [2.05, 4.69) is 63.3 Å². The second-order valence-corrected chi connectivity index (χ2v) is 10.6. The maximum absolute atomic E-state index is 12.6. The van der Waals surface area contributed by atoms with Gasteiger partial charge in [-0.2, -0.15) is 23.3 Å². The first-order chi connectivity index (χ1) is 18.2. The van der Waals surface area contributed by atoms with Crippen molar-refractivity contribution in [3.05, 3.63) is 36.0 Å². The Bertz CT molecular complexity index is 1210. The third kappa shape index (κ3) is 6.10. The van der Waals surface area contributed by atoms with Crippen LogP contribution in [0.15, 0.2) is 30.5 Å². The molecule has 2 aliphatic rings. The van der Waals surface area contributed by atoms with E-state index in [9.17, 15) is 18.3 Å². The molecule has 1 aliphatic carbocycles. The summed E-state index contributed by atoms with van der Waals surface area (Å²) in [5, 5.41) is 18.4. The molecule has 1 saturated carbocycles. The molecule has 5 rings (SSSR count). The summed E-state index contributed by atoms with van der Waals surface area (Å²) in [5.74, 6) is 0.154. The molecule has 3 heterocycles. The molecule has 1 unspecified atom stereocenters. The average Bonchev–Trinajstić information content (AvgIpc) is 3.27. The van der Waals surface area contributed by atoms with Gasteiger partial charge in [0.05, 0.1) is 24.0 Å². The Morgan fingerprint density at radius 3 is 2.39 bits per heavy atom. The van der Waals surface area contributed by atoms with Crippen molar-refractivity contribution in [1.82, 2.24) is 29.5 Å². The van der Waals surface area contributed by atoms with Crippen LogP contribution in [0.2, 0.25) is 0 Å². The molecule has 0 bridgehead atoms. The standard InChI is InChI=1S/C27H36F3N7O/c1-18(36-15-13-35(2)14-16-36)19-3-5-20(6-4-19)24-23-17-32-26(31-12-11-27(28,29)30)33-25(23)37(34-24)21-7-9-22(38)10-8-21/h3-6,17-18,21-22,38H,7-16H2,1-2H3,(H,31,32,33).